The first-order valence-electron chi connectivity index (χ1n) is 5.72. The van der Waals surface area contributed by atoms with Crippen molar-refractivity contribution in [2.45, 2.75) is 32.2 Å². The lowest BCUT2D eigenvalue weighted by Gasteiger charge is -2.17. The first-order valence-corrected chi connectivity index (χ1v) is 5.72. The molecule has 88 valence electrons. The van der Waals surface area contributed by atoms with E-state index in [1.54, 1.807) is 0 Å². The van der Waals surface area contributed by atoms with Crippen LogP contribution in [0.1, 0.15) is 31.7 Å². The largest absolute Gasteiger partial charge is 0.368 e. The third kappa shape index (κ3) is 3.66. The van der Waals surface area contributed by atoms with Crippen LogP contribution < -0.4 is 11.1 Å². The number of amides is 1. The van der Waals surface area contributed by atoms with E-state index in [1.807, 2.05) is 25.1 Å². The van der Waals surface area contributed by atoms with Crippen LogP contribution in [0.2, 0.25) is 0 Å². The maximum Gasteiger partial charge on any atom is 0.234 e. The van der Waals surface area contributed by atoms with Crippen LogP contribution in [0.25, 0.3) is 0 Å². The summed E-state index contributed by atoms with van der Waals surface area (Å²) >= 11 is 0. The van der Waals surface area contributed by atoms with Gasteiger partial charge in [0.15, 0.2) is 0 Å². The lowest BCUT2D eigenvalue weighted by atomic mass is 10.0. The van der Waals surface area contributed by atoms with E-state index in [-0.39, 0.29) is 11.9 Å². The Morgan fingerprint density at radius 3 is 2.50 bits per heavy atom. The van der Waals surface area contributed by atoms with E-state index in [9.17, 15) is 4.79 Å². The lowest BCUT2D eigenvalue weighted by molar-refractivity contribution is -0.120. The van der Waals surface area contributed by atoms with Gasteiger partial charge in [-0.1, -0.05) is 44.2 Å². The van der Waals surface area contributed by atoms with Gasteiger partial charge in [0.1, 0.15) is 0 Å². The molecule has 0 fully saturated rings. The molecule has 3 nitrogen and oxygen atoms in total. The van der Waals surface area contributed by atoms with Crippen molar-refractivity contribution < 1.29 is 4.79 Å². The fourth-order valence-electron chi connectivity index (χ4n) is 1.66. The van der Waals surface area contributed by atoms with Gasteiger partial charge in [0.2, 0.25) is 5.91 Å². The van der Waals surface area contributed by atoms with E-state index in [1.165, 1.54) is 5.56 Å². The first-order chi connectivity index (χ1) is 7.65. The molecule has 1 aromatic rings. The van der Waals surface area contributed by atoms with Crippen molar-refractivity contribution in [1.82, 2.24) is 5.32 Å². The summed E-state index contributed by atoms with van der Waals surface area (Å²) in [5.74, 6) is 0.109. The smallest absolute Gasteiger partial charge is 0.234 e. The second-order valence-corrected chi connectivity index (χ2v) is 4.08. The van der Waals surface area contributed by atoms with Gasteiger partial charge in [-0.2, -0.15) is 0 Å². The summed E-state index contributed by atoms with van der Waals surface area (Å²) in [4.78, 5) is 11.0. The summed E-state index contributed by atoms with van der Waals surface area (Å²) in [6.07, 6.45) is 0.733. The Morgan fingerprint density at radius 1 is 1.38 bits per heavy atom. The summed E-state index contributed by atoms with van der Waals surface area (Å²) < 4.78 is 0. The number of nitrogens with two attached hydrogens (primary N) is 1. The Hall–Kier alpha value is -1.35. The summed E-state index contributed by atoms with van der Waals surface area (Å²) in [6, 6.07) is 10.0. The van der Waals surface area contributed by atoms with Crippen LogP contribution in [0.15, 0.2) is 30.3 Å². The molecule has 0 aromatic heterocycles. The number of hydrogen-bond acceptors (Lipinski definition) is 2. The fourth-order valence-corrected chi connectivity index (χ4v) is 1.66. The fraction of sp³-hybridized carbons (Fsp3) is 0.462. The highest BCUT2D eigenvalue weighted by molar-refractivity contribution is 5.79. The van der Waals surface area contributed by atoms with E-state index in [0.29, 0.717) is 5.92 Å². The third-order valence-corrected chi connectivity index (χ3v) is 2.79. The molecule has 0 spiro atoms. The Morgan fingerprint density at radius 2 is 2.00 bits per heavy atom. The average molecular weight is 220 g/mol. The van der Waals surface area contributed by atoms with Gasteiger partial charge in [-0.25, -0.2) is 0 Å². The minimum Gasteiger partial charge on any atom is -0.368 e. The molecule has 0 saturated heterocycles. The van der Waals surface area contributed by atoms with Crippen LogP contribution in [0.4, 0.5) is 0 Å². The van der Waals surface area contributed by atoms with Crippen LogP contribution in [-0.2, 0) is 4.79 Å². The van der Waals surface area contributed by atoms with E-state index < -0.39 is 0 Å². The minimum atomic E-state index is -0.275. The predicted molar refractivity (Wildman–Crippen MR) is 66.1 cm³/mol. The molecule has 2 atom stereocenters. The number of primary amides is 1. The van der Waals surface area contributed by atoms with Gasteiger partial charge in [0.05, 0.1) is 6.04 Å². The van der Waals surface area contributed by atoms with Crippen molar-refractivity contribution in [2.24, 2.45) is 5.73 Å². The van der Waals surface area contributed by atoms with Gasteiger partial charge in [-0.15, -0.1) is 0 Å². The summed E-state index contributed by atoms with van der Waals surface area (Å²) in [5, 5.41) is 3.19. The van der Waals surface area contributed by atoms with E-state index >= 15 is 0 Å². The van der Waals surface area contributed by atoms with Gasteiger partial charge < -0.3 is 11.1 Å². The van der Waals surface area contributed by atoms with Crippen LogP contribution in [0, 0.1) is 0 Å². The molecular weight excluding hydrogens is 200 g/mol. The Balaban J connectivity index is 2.46. The molecule has 1 amide bonds. The first kappa shape index (κ1) is 12.7. The zero-order chi connectivity index (χ0) is 12.0. The standard InChI is InChI=1S/C13H20N2O/c1-3-12(13(14)16)15-9-10(2)11-7-5-4-6-8-11/h4-8,10,12,15H,3,9H2,1-2H3,(H2,14,16). The highest BCUT2D eigenvalue weighted by Crippen LogP contribution is 2.13. The van der Waals surface area contributed by atoms with Crippen molar-refractivity contribution in [3.8, 4) is 0 Å². The number of hydrogen-bond donors (Lipinski definition) is 2. The summed E-state index contributed by atoms with van der Waals surface area (Å²) in [7, 11) is 0. The predicted octanol–water partition coefficient (Wildman–Crippen LogP) is 1.64. The van der Waals surface area contributed by atoms with Gasteiger partial charge in [0, 0.05) is 6.54 Å². The molecule has 0 aliphatic heterocycles. The topological polar surface area (TPSA) is 55.1 Å². The average Bonchev–Trinajstić information content (AvgIpc) is 2.30. The monoisotopic (exact) mass is 220 g/mol. The molecule has 1 rings (SSSR count). The maximum atomic E-state index is 11.0. The Labute approximate surface area is 97.0 Å². The number of carbonyl (C=O) groups is 1. The second kappa shape index (κ2) is 6.28. The quantitative estimate of drug-likeness (QED) is 0.765. The van der Waals surface area contributed by atoms with Gasteiger partial charge >= 0.3 is 0 Å². The van der Waals surface area contributed by atoms with Crippen molar-refractivity contribution in [3.63, 3.8) is 0 Å². The molecule has 0 heterocycles. The molecule has 0 bridgehead atoms. The molecule has 1 aromatic carbocycles. The summed E-state index contributed by atoms with van der Waals surface area (Å²) in [5.41, 5.74) is 6.54. The molecule has 0 aliphatic rings. The van der Waals surface area contributed by atoms with Crippen molar-refractivity contribution in [2.75, 3.05) is 6.54 Å². The highest BCUT2D eigenvalue weighted by atomic mass is 16.1. The number of rotatable bonds is 6. The molecule has 3 N–H and O–H groups in total. The van der Waals surface area contributed by atoms with Crippen molar-refractivity contribution in [3.05, 3.63) is 35.9 Å². The number of carbonyl (C=O) groups excluding carboxylic acids is 1. The normalized spacial score (nSPS) is 14.4. The van der Waals surface area contributed by atoms with Gasteiger partial charge in [0.25, 0.3) is 0 Å². The zero-order valence-electron chi connectivity index (χ0n) is 9.94. The molecule has 0 aliphatic carbocycles. The lowest BCUT2D eigenvalue weighted by Crippen LogP contribution is -2.42. The van der Waals surface area contributed by atoms with E-state index in [0.717, 1.165) is 13.0 Å². The Bertz CT molecular complexity index is 324. The van der Waals surface area contributed by atoms with Crippen molar-refractivity contribution >= 4 is 5.91 Å². The van der Waals surface area contributed by atoms with Crippen molar-refractivity contribution in [1.29, 1.82) is 0 Å². The SMILES string of the molecule is CCC(NCC(C)c1ccccc1)C(N)=O. The Kier molecular flexibility index (Phi) is 4.99. The van der Waals surface area contributed by atoms with Crippen LogP contribution in [0.3, 0.4) is 0 Å². The third-order valence-electron chi connectivity index (χ3n) is 2.79. The number of nitrogens with one attached hydrogen (secondary N) is 1. The van der Waals surface area contributed by atoms with Crippen LogP contribution in [-0.4, -0.2) is 18.5 Å². The minimum absolute atomic E-state index is 0.217. The maximum absolute atomic E-state index is 11.0. The molecular formula is C13H20N2O. The van der Waals surface area contributed by atoms with E-state index in [2.05, 4.69) is 24.4 Å². The number of benzene rings is 1. The molecule has 0 saturated carbocycles. The second-order valence-electron chi connectivity index (χ2n) is 4.08. The van der Waals surface area contributed by atoms with Gasteiger partial charge in [-0.05, 0) is 17.9 Å². The molecule has 2 unspecified atom stereocenters. The molecule has 3 heteroatoms. The van der Waals surface area contributed by atoms with Crippen LogP contribution >= 0.6 is 0 Å². The molecule has 16 heavy (non-hydrogen) atoms. The van der Waals surface area contributed by atoms with E-state index in [4.69, 9.17) is 5.73 Å². The molecule has 0 radical (unpaired) electrons. The highest BCUT2D eigenvalue weighted by Gasteiger charge is 2.13. The summed E-state index contributed by atoms with van der Waals surface area (Å²) in [6.45, 7) is 4.86. The van der Waals surface area contributed by atoms with Gasteiger partial charge in [-0.3, -0.25) is 4.79 Å². The van der Waals surface area contributed by atoms with Crippen LogP contribution in [0.5, 0.6) is 0 Å². The zero-order valence-corrected chi connectivity index (χ0v) is 9.94.